The molecular weight excluding hydrogens is 435 g/mol. The number of amides is 1. The van der Waals surface area contributed by atoms with Crippen LogP contribution >= 0.6 is 11.6 Å². The van der Waals surface area contributed by atoms with E-state index in [0.29, 0.717) is 23.6 Å². The summed E-state index contributed by atoms with van der Waals surface area (Å²) in [4.78, 5) is 23.6. The number of carbonyl (C=O) groups is 1. The number of fused-ring (bicyclic) bond motifs is 2. The summed E-state index contributed by atoms with van der Waals surface area (Å²) in [5.74, 6) is 0.453. The summed E-state index contributed by atoms with van der Waals surface area (Å²) in [6.45, 7) is 2.82. The van der Waals surface area contributed by atoms with Gasteiger partial charge in [0, 0.05) is 24.5 Å². The van der Waals surface area contributed by atoms with Crippen molar-refractivity contribution in [1.29, 1.82) is 0 Å². The Morgan fingerprint density at radius 3 is 3.09 bits per heavy atom. The van der Waals surface area contributed by atoms with E-state index in [1.165, 1.54) is 4.52 Å². The first-order chi connectivity index (χ1) is 15.4. The van der Waals surface area contributed by atoms with Crippen molar-refractivity contribution in [2.45, 2.75) is 32.0 Å². The lowest BCUT2D eigenvalue weighted by atomic mass is 10.0. The fourth-order valence-corrected chi connectivity index (χ4v) is 4.55. The highest BCUT2D eigenvalue weighted by atomic mass is 35.5. The number of piperidine rings is 1. The standard InChI is InChI=1S/C21H22ClFN8O/c1-12(27-20(32)17-18(24)28-31-7-3-5-26-19(17)31)14-8-15(22)16-9-25-11-30(16)21(14)29-6-2-4-13(23)10-29/h3,5,7-9,11-13H,2,4,6,10H2,1H3,(H2,24,28)(H,27,32). The molecule has 2 unspecified atom stereocenters. The lowest BCUT2D eigenvalue weighted by molar-refractivity contribution is 0.0942. The average molecular weight is 457 g/mol. The highest BCUT2D eigenvalue weighted by Gasteiger charge is 2.28. The Kier molecular flexibility index (Phi) is 5.09. The number of nitrogens with two attached hydrogens (primary N) is 1. The number of rotatable bonds is 4. The number of hydrogen-bond donors (Lipinski definition) is 2. The van der Waals surface area contributed by atoms with Gasteiger partial charge in [0.25, 0.3) is 5.91 Å². The molecule has 1 saturated heterocycles. The number of aromatic nitrogens is 5. The van der Waals surface area contributed by atoms with E-state index in [9.17, 15) is 9.18 Å². The Balaban J connectivity index is 1.54. The van der Waals surface area contributed by atoms with Crippen LogP contribution in [0.25, 0.3) is 11.2 Å². The molecule has 0 aliphatic carbocycles. The fraction of sp³-hybridized carbons (Fsp3) is 0.333. The van der Waals surface area contributed by atoms with Gasteiger partial charge in [-0.3, -0.25) is 9.20 Å². The first-order valence-electron chi connectivity index (χ1n) is 10.4. The van der Waals surface area contributed by atoms with Crippen LogP contribution in [0.2, 0.25) is 5.02 Å². The molecule has 0 saturated carbocycles. The van der Waals surface area contributed by atoms with Crippen LogP contribution in [0.1, 0.15) is 41.7 Å². The summed E-state index contributed by atoms with van der Waals surface area (Å²) in [6.07, 6.45) is 6.94. The number of carbonyl (C=O) groups excluding carboxylic acids is 1. The minimum atomic E-state index is -0.916. The summed E-state index contributed by atoms with van der Waals surface area (Å²) in [5, 5.41) is 7.62. The van der Waals surface area contributed by atoms with Crippen LogP contribution in [-0.4, -0.2) is 49.2 Å². The maximum absolute atomic E-state index is 14.3. The van der Waals surface area contributed by atoms with E-state index in [4.69, 9.17) is 17.3 Å². The summed E-state index contributed by atoms with van der Waals surface area (Å²) in [7, 11) is 0. The van der Waals surface area contributed by atoms with E-state index in [2.05, 4.69) is 20.4 Å². The number of alkyl halides is 1. The van der Waals surface area contributed by atoms with Crippen LogP contribution < -0.4 is 16.0 Å². The van der Waals surface area contributed by atoms with Crippen LogP contribution in [0, 0.1) is 0 Å². The van der Waals surface area contributed by atoms with Crippen LogP contribution in [0.5, 0.6) is 0 Å². The number of nitrogens with one attached hydrogen (secondary N) is 1. The molecule has 5 heterocycles. The molecule has 166 valence electrons. The molecule has 0 bridgehead atoms. The van der Waals surface area contributed by atoms with E-state index in [0.717, 1.165) is 23.3 Å². The number of nitrogen functional groups attached to an aromatic ring is 1. The second-order valence-electron chi connectivity index (χ2n) is 7.95. The van der Waals surface area contributed by atoms with Gasteiger partial charge >= 0.3 is 0 Å². The highest BCUT2D eigenvalue weighted by Crippen LogP contribution is 2.34. The van der Waals surface area contributed by atoms with E-state index in [1.807, 2.05) is 16.2 Å². The number of pyridine rings is 1. The number of halogens is 2. The van der Waals surface area contributed by atoms with Gasteiger partial charge in [-0.25, -0.2) is 18.9 Å². The number of anilines is 2. The van der Waals surface area contributed by atoms with E-state index in [1.54, 1.807) is 37.1 Å². The number of nitrogens with zero attached hydrogens (tertiary/aromatic N) is 6. The van der Waals surface area contributed by atoms with Crippen molar-refractivity contribution in [3.8, 4) is 0 Å². The molecule has 0 spiro atoms. The van der Waals surface area contributed by atoms with E-state index >= 15 is 0 Å². The summed E-state index contributed by atoms with van der Waals surface area (Å²) < 4.78 is 17.6. The normalized spacial score (nSPS) is 17.7. The molecule has 0 aromatic carbocycles. The number of hydrogen-bond acceptors (Lipinski definition) is 6. The lowest BCUT2D eigenvalue weighted by Gasteiger charge is -2.34. The van der Waals surface area contributed by atoms with Gasteiger partial charge in [-0.05, 0) is 31.9 Å². The van der Waals surface area contributed by atoms with Crippen LogP contribution in [0.4, 0.5) is 16.0 Å². The van der Waals surface area contributed by atoms with Crippen molar-refractivity contribution in [3.05, 3.63) is 53.2 Å². The molecule has 5 rings (SSSR count). The zero-order chi connectivity index (χ0) is 22.4. The maximum Gasteiger partial charge on any atom is 0.259 e. The molecule has 3 N–H and O–H groups in total. The Morgan fingerprint density at radius 2 is 2.28 bits per heavy atom. The highest BCUT2D eigenvalue weighted by molar-refractivity contribution is 6.34. The predicted octanol–water partition coefficient (Wildman–Crippen LogP) is 3.04. The fourth-order valence-electron chi connectivity index (χ4n) is 4.29. The van der Waals surface area contributed by atoms with Gasteiger partial charge in [0.15, 0.2) is 11.5 Å². The molecule has 32 heavy (non-hydrogen) atoms. The van der Waals surface area contributed by atoms with Crippen molar-refractivity contribution in [3.63, 3.8) is 0 Å². The molecule has 9 nitrogen and oxygen atoms in total. The average Bonchev–Trinajstić information content (AvgIpc) is 3.37. The summed E-state index contributed by atoms with van der Waals surface area (Å²) >= 11 is 6.52. The Hall–Kier alpha value is -3.40. The minimum Gasteiger partial charge on any atom is -0.381 e. The van der Waals surface area contributed by atoms with Crippen molar-refractivity contribution in [1.82, 2.24) is 29.3 Å². The van der Waals surface area contributed by atoms with Gasteiger partial charge in [0.05, 0.1) is 29.3 Å². The smallest absolute Gasteiger partial charge is 0.259 e. The second kappa shape index (κ2) is 7.94. The molecule has 0 radical (unpaired) electrons. The van der Waals surface area contributed by atoms with Crippen LogP contribution in [0.15, 0.2) is 37.1 Å². The first-order valence-corrected chi connectivity index (χ1v) is 10.7. The lowest BCUT2D eigenvalue weighted by Crippen LogP contribution is -2.39. The van der Waals surface area contributed by atoms with Gasteiger partial charge in [0.2, 0.25) is 0 Å². The predicted molar refractivity (Wildman–Crippen MR) is 120 cm³/mol. The van der Waals surface area contributed by atoms with Crippen molar-refractivity contribution in [2.75, 3.05) is 23.7 Å². The molecule has 11 heteroatoms. The van der Waals surface area contributed by atoms with Gasteiger partial charge in [-0.2, -0.15) is 0 Å². The zero-order valence-electron chi connectivity index (χ0n) is 17.4. The van der Waals surface area contributed by atoms with Crippen molar-refractivity contribution >= 4 is 40.3 Å². The summed E-state index contributed by atoms with van der Waals surface area (Å²) in [5.41, 5.74) is 8.05. The van der Waals surface area contributed by atoms with Crippen molar-refractivity contribution in [2.24, 2.45) is 0 Å². The van der Waals surface area contributed by atoms with Gasteiger partial charge in [0.1, 0.15) is 23.9 Å². The Bertz CT molecular complexity index is 1320. The molecule has 1 fully saturated rings. The molecular formula is C21H22ClFN8O. The largest absolute Gasteiger partial charge is 0.381 e. The molecule has 1 amide bonds. The third-order valence-electron chi connectivity index (χ3n) is 5.78. The maximum atomic E-state index is 14.3. The van der Waals surface area contributed by atoms with E-state index in [-0.39, 0.29) is 17.9 Å². The molecule has 2 atom stereocenters. The first kappa shape index (κ1) is 20.5. The van der Waals surface area contributed by atoms with Gasteiger partial charge in [-0.1, -0.05) is 11.6 Å². The third-order valence-corrected chi connectivity index (χ3v) is 6.08. The van der Waals surface area contributed by atoms with E-state index < -0.39 is 18.1 Å². The quantitative estimate of drug-likeness (QED) is 0.489. The van der Waals surface area contributed by atoms with Crippen LogP contribution in [0.3, 0.4) is 0 Å². The third kappa shape index (κ3) is 3.40. The zero-order valence-corrected chi connectivity index (χ0v) is 18.1. The molecule has 4 aromatic rings. The minimum absolute atomic E-state index is 0.0908. The monoisotopic (exact) mass is 456 g/mol. The van der Waals surface area contributed by atoms with Gasteiger partial charge < -0.3 is 16.0 Å². The topological polar surface area (TPSA) is 106 Å². The summed E-state index contributed by atoms with van der Waals surface area (Å²) in [6, 6.07) is 3.05. The number of imidazole rings is 1. The molecule has 1 aliphatic rings. The molecule has 1 aliphatic heterocycles. The van der Waals surface area contributed by atoms with Gasteiger partial charge in [-0.15, -0.1) is 5.10 Å². The Labute approximate surface area is 188 Å². The SMILES string of the molecule is CC(NC(=O)c1c(N)nn2cccnc12)c1cc(Cl)c2cncn2c1N1CCCC(F)C1. The molecule has 4 aromatic heterocycles. The Morgan fingerprint density at radius 1 is 1.44 bits per heavy atom. The van der Waals surface area contributed by atoms with Crippen molar-refractivity contribution < 1.29 is 9.18 Å². The second-order valence-corrected chi connectivity index (χ2v) is 8.36. The van der Waals surface area contributed by atoms with Crippen LogP contribution in [-0.2, 0) is 0 Å².